The Morgan fingerprint density at radius 3 is 1.47 bits per heavy atom. The topological polar surface area (TPSA) is 198 Å². The van der Waals surface area contributed by atoms with Crippen LogP contribution in [-0.2, 0) is 63.2 Å². The second-order valence-corrected chi connectivity index (χ2v) is 17.1. The van der Waals surface area contributed by atoms with E-state index in [1.165, 1.54) is 35.1 Å². The molecule has 0 aliphatic carbocycles. The lowest BCUT2D eigenvalue weighted by Crippen LogP contribution is -2.34. The van der Waals surface area contributed by atoms with E-state index in [4.69, 9.17) is 33.7 Å². The van der Waals surface area contributed by atoms with Crippen LogP contribution < -0.4 is 5.73 Å². The van der Waals surface area contributed by atoms with Crippen molar-refractivity contribution in [2.24, 2.45) is 5.73 Å². The third kappa shape index (κ3) is 20.3. The number of esters is 2. The summed E-state index contributed by atoms with van der Waals surface area (Å²) in [7, 11) is -4.74. The number of phosphoric ester groups is 1. The molecule has 0 radical (unpaired) electrons. The number of aliphatic carboxylic acids is 1. The van der Waals surface area contributed by atoms with Gasteiger partial charge in [0.2, 0.25) is 0 Å². The summed E-state index contributed by atoms with van der Waals surface area (Å²) < 4.78 is 45.1. The van der Waals surface area contributed by atoms with Gasteiger partial charge >= 0.3 is 25.7 Å². The lowest BCUT2D eigenvalue weighted by Gasteiger charge is -2.20. The molecule has 0 saturated carbocycles. The van der Waals surface area contributed by atoms with Gasteiger partial charge in [0.1, 0.15) is 35.7 Å². The van der Waals surface area contributed by atoms with Crippen LogP contribution in [0.3, 0.4) is 0 Å². The first kappa shape index (κ1) is 51.2. The number of furan rings is 2. The normalized spacial score (nSPS) is 13.7. The number of hydrogen-bond acceptors (Lipinski definition) is 11. The van der Waals surface area contributed by atoms with Crippen LogP contribution >= 0.6 is 7.82 Å². The molecule has 0 aliphatic rings. The van der Waals surface area contributed by atoms with Crippen molar-refractivity contribution in [1.82, 2.24) is 0 Å². The average Bonchev–Trinajstić information content (AvgIpc) is 3.61. The molecule has 2 heterocycles. The van der Waals surface area contributed by atoms with Crippen LogP contribution in [0.2, 0.25) is 0 Å². The van der Waals surface area contributed by atoms with E-state index in [1.807, 2.05) is 0 Å². The summed E-state index contributed by atoms with van der Waals surface area (Å²) in [6.45, 7) is 11.2. The highest BCUT2D eigenvalue weighted by Crippen LogP contribution is 2.43. The molecule has 2 aromatic heterocycles. The lowest BCUT2D eigenvalue weighted by molar-refractivity contribution is -0.161. The van der Waals surface area contributed by atoms with Gasteiger partial charge in [-0.3, -0.25) is 23.4 Å². The predicted octanol–water partition coefficient (Wildman–Crippen LogP) is 10.0. The fourth-order valence-electron chi connectivity index (χ4n) is 6.76. The minimum absolute atomic E-state index is 0.122. The van der Waals surface area contributed by atoms with Crippen molar-refractivity contribution in [1.29, 1.82) is 0 Å². The number of rotatable bonds is 34. The fraction of sp³-hybridized carbons (Fsp3) is 0.750. The van der Waals surface area contributed by atoms with Gasteiger partial charge in [0.05, 0.1) is 13.2 Å². The molecule has 58 heavy (non-hydrogen) atoms. The molecule has 0 fully saturated rings. The van der Waals surface area contributed by atoms with Crippen molar-refractivity contribution in [3.63, 3.8) is 0 Å². The Hall–Kier alpha value is -2.96. The van der Waals surface area contributed by atoms with Crippen molar-refractivity contribution in [2.75, 3.05) is 19.8 Å². The van der Waals surface area contributed by atoms with E-state index < -0.39 is 51.1 Å². The van der Waals surface area contributed by atoms with Crippen LogP contribution in [0.4, 0.5) is 0 Å². The number of nitrogens with two attached hydrogens (primary N) is 1. The van der Waals surface area contributed by atoms with Crippen LogP contribution in [0.25, 0.3) is 0 Å². The van der Waals surface area contributed by atoms with Gasteiger partial charge in [-0.25, -0.2) is 4.57 Å². The monoisotopic (exact) mass is 839 g/mol. The SMILES string of the molecule is CCCCCc1oc(CCCCCCCCC(=O)OCC(COP(=O)(O)OCC(N)C(=O)O)OC(=O)CCCCCCCCc2oc(CCC)c(C)c2C)c(C)c1C. The van der Waals surface area contributed by atoms with Gasteiger partial charge in [-0.2, -0.15) is 0 Å². The Balaban J connectivity index is 1.70. The van der Waals surface area contributed by atoms with E-state index in [2.05, 4.69) is 46.1 Å². The Kier molecular flexibility index (Phi) is 25.1. The molecular formula is C44H74NO12P. The van der Waals surface area contributed by atoms with E-state index in [0.29, 0.717) is 12.8 Å². The number of hydrogen-bond donors (Lipinski definition) is 3. The fourth-order valence-corrected chi connectivity index (χ4v) is 7.54. The number of carboxylic acid groups (broad SMARTS) is 1. The average molecular weight is 840 g/mol. The molecule has 0 spiro atoms. The largest absolute Gasteiger partial charge is 0.480 e. The lowest BCUT2D eigenvalue weighted by atomic mass is 10.0. The zero-order chi connectivity index (χ0) is 42.9. The summed E-state index contributed by atoms with van der Waals surface area (Å²) in [4.78, 5) is 46.2. The van der Waals surface area contributed by atoms with Gasteiger partial charge in [0, 0.05) is 38.5 Å². The van der Waals surface area contributed by atoms with E-state index in [1.54, 1.807) is 0 Å². The Morgan fingerprint density at radius 1 is 0.586 bits per heavy atom. The first-order valence-corrected chi connectivity index (χ1v) is 23.3. The van der Waals surface area contributed by atoms with Crippen LogP contribution in [0.15, 0.2) is 8.83 Å². The Bertz CT molecular complexity index is 1550. The molecule has 3 unspecified atom stereocenters. The maximum absolute atomic E-state index is 12.7. The summed E-state index contributed by atoms with van der Waals surface area (Å²) in [5.41, 5.74) is 10.4. The van der Waals surface area contributed by atoms with Crippen LogP contribution in [0.1, 0.15) is 175 Å². The molecule has 13 nitrogen and oxygen atoms in total. The Morgan fingerprint density at radius 2 is 1.00 bits per heavy atom. The maximum atomic E-state index is 12.7. The van der Waals surface area contributed by atoms with Gasteiger partial charge in [0.25, 0.3) is 0 Å². The molecule has 4 N–H and O–H groups in total. The van der Waals surface area contributed by atoms with E-state index in [0.717, 1.165) is 126 Å². The van der Waals surface area contributed by atoms with Gasteiger partial charge in [-0.05, 0) is 88.5 Å². The third-order valence-corrected chi connectivity index (χ3v) is 11.7. The first-order chi connectivity index (χ1) is 27.7. The molecular weight excluding hydrogens is 765 g/mol. The summed E-state index contributed by atoms with van der Waals surface area (Å²) in [6.07, 6.45) is 18.8. The standard InChI is InChI=1S/C44H74NO12P/c1-7-9-18-24-39-34(5)35(6)41(57-39)26-20-14-10-12-16-21-27-42(46)52-29-36(30-53-58(50,51)54-31-37(45)44(48)49)55-43(47)28-22-17-13-11-15-19-25-40-33(4)32(3)38(56-40)23-8-2/h36-37H,7-31,45H2,1-6H3,(H,48,49)(H,50,51). The number of carboxylic acids is 1. The number of unbranched alkanes of at least 4 members (excludes halogenated alkanes) is 12. The second kappa shape index (κ2) is 28.5. The van der Waals surface area contributed by atoms with Crippen molar-refractivity contribution >= 4 is 25.7 Å². The van der Waals surface area contributed by atoms with Crippen LogP contribution in [0, 0.1) is 27.7 Å². The molecule has 3 atom stereocenters. The van der Waals surface area contributed by atoms with Crippen LogP contribution in [0.5, 0.6) is 0 Å². The van der Waals surface area contributed by atoms with E-state index >= 15 is 0 Å². The molecule has 2 rings (SSSR count). The van der Waals surface area contributed by atoms with Gasteiger partial charge < -0.3 is 34.0 Å². The summed E-state index contributed by atoms with van der Waals surface area (Å²) >= 11 is 0. The summed E-state index contributed by atoms with van der Waals surface area (Å²) in [5.74, 6) is 1.97. The zero-order valence-corrected chi connectivity index (χ0v) is 37.2. The molecule has 0 aliphatic heterocycles. The highest BCUT2D eigenvalue weighted by molar-refractivity contribution is 7.47. The molecule has 0 amide bonds. The molecule has 0 bridgehead atoms. The smallest absolute Gasteiger partial charge is 0.472 e. The second-order valence-electron chi connectivity index (χ2n) is 15.6. The number of ether oxygens (including phenoxy) is 2. The molecule has 2 aromatic rings. The van der Waals surface area contributed by atoms with Gasteiger partial charge in [-0.1, -0.05) is 78.1 Å². The minimum atomic E-state index is -4.74. The first-order valence-electron chi connectivity index (χ1n) is 21.8. The van der Waals surface area contributed by atoms with E-state index in [-0.39, 0.29) is 19.4 Å². The highest BCUT2D eigenvalue weighted by Gasteiger charge is 2.28. The van der Waals surface area contributed by atoms with Gasteiger partial charge in [-0.15, -0.1) is 0 Å². The third-order valence-electron chi connectivity index (χ3n) is 10.7. The summed E-state index contributed by atoms with van der Waals surface area (Å²) in [5, 5.41) is 8.91. The van der Waals surface area contributed by atoms with Crippen LogP contribution in [-0.4, -0.2) is 59.9 Å². The van der Waals surface area contributed by atoms with Crippen molar-refractivity contribution < 1.29 is 56.3 Å². The number of phosphoric acid groups is 1. The zero-order valence-electron chi connectivity index (χ0n) is 36.3. The minimum Gasteiger partial charge on any atom is -0.480 e. The number of aryl methyl sites for hydroxylation is 4. The number of carbonyl (C=O) groups excluding carboxylic acids is 2. The Labute approximate surface area is 347 Å². The van der Waals surface area contributed by atoms with Crippen molar-refractivity contribution in [3.05, 3.63) is 45.3 Å². The quantitative estimate of drug-likeness (QED) is 0.0342. The van der Waals surface area contributed by atoms with Gasteiger partial charge in [0.15, 0.2) is 6.10 Å². The molecule has 14 heteroatoms. The maximum Gasteiger partial charge on any atom is 0.472 e. The molecule has 332 valence electrons. The number of carbonyl (C=O) groups is 3. The van der Waals surface area contributed by atoms with Crippen molar-refractivity contribution in [3.8, 4) is 0 Å². The summed E-state index contributed by atoms with van der Waals surface area (Å²) in [6, 6.07) is -1.54. The molecule has 0 saturated heterocycles. The van der Waals surface area contributed by atoms with Crippen molar-refractivity contribution in [2.45, 2.75) is 195 Å². The predicted molar refractivity (Wildman–Crippen MR) is 224 cm³/mol. The van der Waals surface area contributed by atoms with E-state index in [9.17, 15) is 23.8 Å². The molecule has 0 aromatic carbocycles. The highest BCUT2D eigenvalue weighted by atomic mass is 31.2.